The van der Waals surface area contributed by atoms with E-state index < -0.39 is 11.7 Å². The minimum atomic E-state index is -4.30. The monoisotopic (exact) mass is 459 g/mol. The van der Waals surface area contributed by atoms with Gasteiger partial charge in [-0.25, -0.2) is 0 Å². The first-order valence-corrected chi connectivity index (χ1v) is 7.54. The van der Waals surface area contributed by atoms with Crippen LogP contribution in [0.1, 0.15) is 24.5 Å². The van der Waals surface area contributed by atoms with Crippen molar-refractivity contribution in [3.63, 3.8) is 0 Å². The van der Waals surface area contributed by atoms with Crippen molar-refractivity contribution in [3.8, 4) is 0 Å². The van der Waals surface area contributed by atoms with E-state index in [1.165, 1.54) is 12.1 Å². The molecule has 0 saturated carbocycles. The van der Waals surface area contributed by atoms with Gasteiger partial charge in [0.1, 0.15) is 0 Å². The van der Waals surface area contributed by atoms with Gasteiger partial charge in [-0.05, 0) is 31.0 Å². The normalized spacial score (nSPS) is 11.8. The van der Waals surface area contributed by atoms with Gasteiger partial charge in [-0.15, -0.1) is 24.0 Å². The van der Waals surface area contributed by atoms with Crippen molar-refractivity contribution in [1.29, 1.82) is 0 Å². The summed E-state index contributed by atoms with van der Waals surface area (Å²) in [5, 5.41) is 3.20. The molecule has 1 aromatic carbocycles. The molecular weight excluding hydrogens is 434 g/mol. The van der Waals surface area contributed by atoms with Crippen LogP contribution in [-0.2, 0) is 17.5 Å². The van der Waals surface area contributed by atoms with Crippen LogP contribution in [0, 0.1) is 0 Å². The number of hydrogen-bond donors (Lipinski definition) is 1. The number of nitrogens with one attached hydrogen (secondary N) is 1. The van der Waals surface area contributed by atoms with E-state index in [2.05, 4.69) is 10.3 Å². The second-order valence-corrected chi connectivity index (χ2v) is 5.08. The van der Waals surface area contributed by atoms with E-state index in [0.29, 0.717) is 25.7 Å². The van der Waals surface area contributed by atoms with Crippen molar-refractivity contribution in [3.05, 3.63) is 35.4 Å². The quantitative estimate of drug-likeness (QED) is 0.292. The van der Waals surface area contributed by atoms with Crippen LogP contribution < -0.4 is 5.32 Å². The summed E-state index contributed by atoms with van der Waals surface area (Å²) < 4.78 is 42.9. The molecule has 0 aliphatic rings. The van der Waals surface area contributed by atoms with E-state index in [4.69, 9.17) is 4.74 Å². The molecule has 1 aromatic rings. The van der Waals surface area contributed by atoms with Crippen LogP contribution in [0.25, 0.3) is 0 Å². The van der Waals surface area contributed by atoms with Gasteiger partial charge in [-0.3, -0.25) is 4.99 Å². The van der Waals surface area contributed by atoms with Gasteiger partial charge < -0.3 is 15.0 Å². The van der Waals surface area contributed by atoms with Crippen molar-refractivity contribution in [2.75, 3.05) is 33.9 Å². The fourth-order valence-electron chi connectivity index (χ4n) is 2.05. The Balaban J connectivity index is 0.00000529. The highest BCUT2D eigenvalue weighted by Gasteiger charge is 2.29. The molecule has 0 aliphatic carbocycles. The Bertz CT molecular complexity index is 492. The number of alkyl halides is 3. The van der Waals surface area contributed by atoms with E-state index in [-0.39, 0.29) is 24.0 Å². The average Bonchev–Trinajstić information content (AvgIpc) is 2.50. The van der Waals surface area contributed by atoms with E-state index in [1.54, 1.807) is 7.05 Å². The van der Waals surface area contributed by atoms with Crippen LogP contribution >= 0.6 is 24.0 Å². The highest BCUT2D eigenvalue weighted by molar-refractivity contribution is 14.0. The van der Waals surface area contributed by atoms with Crippen LogP contribution in [0.4, 0.5) is 13.2 Å². The van der Waals surface area contributed by atoms with Crippen molar-refractivity contribution < 1.29 is 17.9 Å². The first-order valence-electron chi connectivity index (χ1n) is 7.54. The average molecular weight is 459 g/mol. The van der Waals surface area contributed by atoms with Gasteiger partial charge in [0.05, 0.1) is 5.56 Å². The number of aliphatic imine (C=N–C) groups is 1. The molecule has 1 rings (SSSR count). The van der Waals surface area contributed by atoms with E-state index >= 15 is 0 Å². The molecule has 0 bridgehead atoms. The summed E-state index contributed by atoms with van der Waals surface area (Å²) in [6.45, 7) is 4.53. The molecule has 0 atom stereocenters. The molecule has 0 amide bonds. The molecule has 0 radical (unpaired) electrons. The predicted molar refractivity (Wildman–Crippen MR) is 101 cm³/mol. The summed E-state index contributed by atoms with van der Waals surface area (Å²) in [6, 6.07) is 5.17. The predicted octanol–water partition coefficient (Wildman–Crippen LogP) is 3.76. The Morgan fingerprint density at radius 3 is 2.38 bits per heavy atom. The summed E-state index contributed by atoms with van der Waals surface area (Å²) in [6.07, 6.45) is -3.44. The third-order valence-electron chi connectivity index (χ3n) is 3.23. The molecule has 0 fully saturated rings. The van der Waals surface area contributed by atoms with E-state index in [1.807, 2.05) is 18.9 Å². The molecule has 0 unspecified atom stereocenters. The number of nitrogens with zero attached hydrogens (tertiary/aromatic N) is 2. The number of ether oxygens (including phenoxy) is 1. The van der Waals surface area contributed by atoms with Crippen LogP contribution in [-0.4, -0.2) is 44.7 Å². The molecule has 0 spiro atoms. The van der Waals surface area contributed by atoms with Crippen LogP contribution in [0.5, 0.6) is 0 Å². The largest absolute Gasteiger partial charge is 0.416 e. The van der Waals surface area contributed by atoms with Crippen molar-refractivity contribution in [2.45, 2.75) is 26.1 Å². The molecule has 8 heteroatoms. The molecule has 138 valence electrons. The number of guanidine groups is 1. The Labute approximate surface area is 158 Å². The summed E-state index contributed by atoms with van der Waals surface area (Å²) in [5.41, 5.74) is 0.153. The van der Waals surface area contributed by atoms with Crippen LogP contribution in [0.15, 0.2) is 29.3 Å². The SMILES string of the molecule is CCOCCCNC(=NC)N(C)Cc1ccc(C(F)(F)F)cc1.I. The summed E-state index contributed by atoms with van der Waals surface area (Å²) >= 11 is 0. The van der Waals surface area contributed by atoms with Crippen molar-refractivity contribution in [2.24, 2.45) is 4.99 Å². The standard InChI is InChI=1S/C16H24F3N3O.HI/c1-4-23-11-5-10-21-15(20-2)22(3)12-13-6-8-14(9-7-13)16(17,18)19;/h6-9H,4-5,10-12H2,1-3H3,(H,20,21);1H. The highest BCUT2D eigenvalue weighted by Crippen LogP contribution is 2.29. The third-order valence-corrected chi connectivity index (χ3v) is 3.23. The maximum absolute atomic E-state index is 12.5. The van der Waals surface area contributed by atoms with Gasteiger partial charge in [-0.2, -0.15) is 13.2 Å². The molecule has 0 saturated heterocycles. The molecule has 0 aromatic heterocycles. The van der Waals surface area contributed by atoms with E-state index in [0.717, 1.165) is 30.7 Å². The second kappa shape index (κ2) is 11.5. The number of hydrogen-bond acceptors (Lipinski definition) is 2. The Morgan fingerprint density at radius 1 is 1.25 bits per heavy atom. The lowest BCUT2D eigenvalue weighted by Gasteiger charge is -2.22. The zero-order valence-electron chi connectivity index (χ0n) is 14.2. The van der Waals surface area contributed by atoms with Gasteiger partial charge in [-0.1, -0.05) is 12.1 Å². The molecule has 0 aliphatic heterocycles. The topological polar surface area (TPSA) is 36.9 Å². The fraction of sp³-hybridized carbons (Fsp3) is 0.562. The van der Waals surface area contributed by atoms with Gasteiger partial charge in [0.2, 0.25) is 0 Å². The first kappa shape index (κ1) is 23.0. The zero-order chi connectivity index (χ0) is 17.3. The van der Waals surface area contributed by atoms with Crippen LogP contribution in [0.3, 0.4) is 0 Å². The fourth-order valence-corrected chi connectivity index (χ4v) is 2.05. The van der Waals surface area contributed by atoms with Gasteiger partial charge in [0.25, 0.3) is 0 Å². The number of rotatable bonds is 7. The lowest BCUT2D eigenvalue weighted by molar-refractivity contribution is -0.137. The summed E-state index contributed by atoms with van der Waals surface area (Å²) in [5.74, 6) is 0.696. The second-order valence-electron chi connectivity index (χ2n) is 5.08. The van der Waals surface area contributed by atoms with Gasteiger partial charge in [0.15, 0.2) is 5.96 Å². The maximum atomic E-state index is 12.5. The van der Waals surface area contributed by atoms with Crippen LogP contribution in [0.2, 0.25) is 0 Å². The van der Waals surface area contributed by atoms with Crippen molar-refractivity contribution in [1.82, 2.24) is 10.2 Å². The van der Waals surface area contributed by atoms with Gasteiger partial charge in [0, 0.05) is 40.4 Å². The molecule has 1 N–H and O–H groups in total. The molecular formula is C16H25F3IN3O. The van der Waals surface area contributed by atoms with E-state index in [9.17, 15) is 13.2 Å². The maximum Gasteiger partial charge on any atom is 0.416 e. The minimum Gasteiger partial charge on any atom is -0.382 e. The number of benzene rings is 1. The highest BCUT2D eigenvalue weighted by atomic mass is 127. The number of halogens is 4. The molecule has 24 heavy (non-hydrogen) atoms. The van der Waals surface area contributed by atoms with Crippen molar-refractivity contribution >= 4 is 29.9 Å². The third kappa shape index (κ3) is 8.18. The minimum absolute atomic E-state index is 0. The zero-order valence-corrected chi connectivity index (χ0v) is 16.5. The Hall–Kier alpha value is -1.03. The summed E-state index contributed by atoms with van der Waals surface area (Å²) in [7, 11) is 3.52. The first-order chi connectivity index (χ1) is 10.9. The lowest BCUT2D eigenvalue weighted by Crippen LogP contribution is -2.39. The van der Waals surface area contributed by atoms with Gasteiger partial charge >= 0.3 is 6.18 Å². The summed E-state index contributed by atoms with van der Waals surface area (Å²) in [4.78, 5) is 6.03. The molecule has 0 heterocycles. The lowest BCUT2D eigenvalue weighted by atomic mass is 10.1. The Kier molecular flexibility index (Phi) is 11.0. The Morgan fingerprint density at radius 2 is 1.88 bits per heavy atom. The smallest absolute Gasteiger partial charge is 0.382 e. The molecule has 4 nitrogen and oxygen atoms in total.